The van der Waals surface area contributed by atoms with E-state index >= 15 is 0 Å². The first kappa shape index (κ1) is 17.1. The van der Waals surface area contributed by atoms with Gasteiger partial charge in [0.15, 0.2) is 5.96 Å². The van der Waals surface area contributed by atoms with E-state index in [4.69, 9.17) is 4.74 Å². The molecule has 22 heavy (non-hydrogen) atoms. The fraction of sp³-hybridized carbons (Fsp3) is 0.875. The number of hydrogen-bond acceptors (Lipinski definition) is 3. The number of amides is 1. The third-order valence-electron chi connectivity index (χ3n) is 4.44. The molecule has 0 spiro atoms. The zero-order chi connectivity index (χ0) is 16.1. The number of aliphatic imine (C=N–C) groups is 1. The van der Waals surface area contributed by atoms with Gasteiger partial charge in [-0.05, 0) is 38.5 Å². The number of likely N-dealkylation sites (tertiary alicyclic amines) is 1. The quantitative estimate of drug-likeness (QED) is 0.616. The van der Waals surface area contributed by atoms with Crippen LogP contribution in [0.1, 0.15) is 26.7 Å². The fourth-order valence-electron chi connectivity index (χ4n) is 3.07. The lowest BCUT2D eigenvalue weighted by molar-refractivity contribution is -0.127. The Morgan fingerprint density at radius 1 is 1.36 bits per heavy atom. The van der Waals surface area contributed by atoms with Crippen LogP contribution in [0.25, 0.3) is 0 Å². The van der Waals surface area contributed by atoms with Crippen molar-refractivity contribution in [2.24, 2.45) is 16.8 Å². The summed E-state index contributed by atoms with van der Waals surface area (Å²) >= 11 is 0. The summed E-state index contributed by atoms with van der Waals surface area (Å²) in [7, 11) is 3.53. The molecule has 2 atom stereocenters. The van der Waals surface area contributed by atoms with Crippen LogP contribution in [0, 0.1) is 11.8 Å². The lowest BCUT2D eigenvalue weighted by atomic mass is 9.91. The van der Waals surface area contributed by atoms with E-state index in [2.05, 4.69) is 29.1 Å². The molecule has 1 N–H and O–H groups in total. The highest BCUT2D eigenvalue weighted by Crippen LogP contribution is 2.29. The van der Waals surface area contributed by atoms with Crippen molar-refractivity contribution in [1.82, 2.24) is 15.1 Å². The number of carbonyl (C=O) groups is 1. The number of nitrogens with one attached hydrogen (secondary N) is 1. The summed E-state index contributed by atoms with van der Waals surface area (Å²) < 4.78 is 5.52. The van der Waals surface area contributed by atoms with Gasteiger partial charge in [-0.3, -0.25) is 4.79 Å². The average molecular weight is 310 g/mol. The fourth-order valence-corrected chi connectivity index (χ4v) is 3.07. The van der Waals surface area contributed by atoms with E-state index in [-0.39, 0.29) is 12.5 Å². The van der Waals surface area contributed by atoms with E-state index in [0.29, 0.717) is 17.9 Å². The smallest absolute Gasteiger partial charge is 0.243 e. The second-order valence-corrected chi connectivity index (χ2v) is 6.85. The van der Waals surface area contributed by atoms with Gasteiger partial charge in [0.1, 0.15) is 6.54 Å². The van der Waals surface area contributed by atoms with Crippen LogP contribution >= 0.6 is 0 Å². The highest BCUT2D eigenvalue weighted by molar-refractivity contribution is 5.85. The monoisotopic (exact) mass is 310 g/mol. The van der Waals surface area contributed by atoms with Crippen LogP contribution in [0.5, 0.6) is 0 Å². The summed E-state index contributed by atoms with van der Waals surface area (Å²) in [6.45, 7) is 8.24. The summed E-state index contributed by atoms with van der Waals surface area (Å²) in [4.78, 5) is 20.2. The number of rotatable bonds is 4. The zero-order valence-corrected chi connectivity index (χ0v) is 14.3. The Labute approximate surface area is 133 Å². The van der Waals surface area contributed by atoms with Crippen LogP contribution in [-0.4, -0.2) is 74.7 Å². The first-order valence-electron chi connectivity index (χ1n) is 8.31. The second-order valence-electron chi connectivity index (χ2n) is 6.85. The number of likely N-dealkylation sites (N-methyl/N-ethyl adjacent to an activating group) is 1. The Morgan fingerprint density at radius 2 is 2.14 bits per heavy atom. The van der Waals surface area contributed by atoms with Gasteiger partial charge in [-0.25, -0.2) is 4.99 Å². The third-order valence-corrected chi connectivity index (χ3v) is 4.44. The van der Waals surface area contributed by atoms with Gasteiger partial charge in [0, 0.05) is 46.4 Å². The summed E-state index contributed by atoms with van der Waals surface area (Å²) in [5.74, 6) is 2.27. The lowest BCUT2D eigenvalue weighted by Crippen LogP contribution is -2.44. The number of hydrogen-bond donors (Lipinski definition) is 1. The molecule has 0 aromatic rings. The molecule has 126 valence electrons. The van der Waals surface area contributed by atoms with Crippen molar-refractivity contribution in [2.45, 2.75) is 32.7 Å². The number of carbonyl (C=O) groups excluding carboxylic acids is 1. The van der Waals surface area contributed by atoms with Crippen LogP contribution in [0.4, 0.5) is 0 Å². The number of guanidine groups is 1. The van der Waals surface area contributed by atoms with Gasteiger partial charge in [-0.2, -0.15) is 0 Å². The molecule has 0 radical (unpaired) electrons. The largest absolute Gasteiger partial charge is 0.381 e. The van der Waals surface area contributed by atoms with Gasteiger partial charge < -0.3 is 19.9 Å². The molecule has 2 fully saturated rings. The minimum Gasteiger partial charge on any atom is -0.381 e. The molecule has 2 saturated heterocycles. The van der Waals surface area contributed by atoms with Crippen molar-refractivity contribution in [1.29, 1.82) is 0 Å². The molecule has 0 aliphatic carbocycles. The van der Waals surface area contributed by atoms with E-state index in [1.54, 1.807) is 19.0 Å². The Morgan fingerprint density at radius 3 is 2.73 bits per heavy atom. The van der Waals surface area contributed by atoms with E-state index in [1.807, 2.05) is 0 Å². The van der Waals surface area contributed by atoms with Crippen molar-refractivity contribution in [2.75, 3.05) is 46.9 Å². The first-order valence-corrected chi connectivity index (χ1v) is 8.31. The molecule has 1 amide bonds. The van der Waals surface area contributed by atoms with Gasteiger partial charge in [0.25, 0.3) is 0 Å². The second kappa shape index (κ2) is 7.81. The molecule has 2 unspecified atom stereocenters. The van der Waals surface area contributed by atoms with Gasteiger partial charge in [-0.1, -0.05) is 0 Å². The van der Waals surface area contributed by atoms with Gasteiger partial charge in [0.05, 0.1) is 0 Å². The first-order chi connectivity index (χ1) is 10.5. The van der Waals surface area contributed by atoms with Crippen molar-refractivity contribution in [3.63, 3.8) is 0 Å². The maximum atomic E-state index is 11.8. The topological polar surface area (TPSA) is 57.2 Å². The highest BCUT2D eigenvalue weighted by atomic mass is 16.5. The molecular formula is C16H30N4O2. The molecule has 2 rings (SSSR count). The number of ether oxygens (including phenoxy) is 1. The Hall–Kier alpha value is -1.30. The Kier molecular flexibility index (Phi) is 6.06. The summed E-state index contributed by atoms with van der Waals surface area (Å²) in [5, 5.41) is 3.40. The molecule has 0 saturated carbocycles. The maximum Gasteiger partial charge on any atom is 0.243 e. The van der Waals surface area contributed by atoms with Crippen LogP contribution in [-0.2, 0) is 9.53 Å². The third kappa shape index (κ3) is 4.60. The van der Waals surface area contributed by atoms with Crippen LogP contribution in [0.15, 0.2) is 4.99 Å². The maximum absolute atomic E-state index is 11.8. The minimum atomic E-state index is 0.0306. The van der Waals surface area contributed by atoms with Gasteiger partial charge in [0.2, 0.25) is 5.91 Å². The van der Waals surface area contributed by atoms with Gasteiger partial charge >= 0.3 is 0 Å². The van der Waals surface area contributed by atoms with Crippen molar-refractivity contribution in [3.8, 4) is 0 Å². The minimum absolute atomic E-state index is 0.0306. The zero-order valence-electron chi connectivity index (χ0n) is 14.3. The van der Waals surface area contributed by atoms with Crippen molar-refractivity contribution < 1.29 is 9.53 Å². The summed E-state index contributed by atoms with van der Waals surface area (Å²) in [6.07, 6.45) is 2.37. The molecule has 6 nitrogen and oxygen atoms in total. The summed E-state index contributed by atoms with van der Waals surface area (Å²) in [6, 6.07) is 0.307. The summed E-state index contributed by atoms with van der Waals surface area (Å²) in [5.41, 5.74) is 0. The molecule has 2 heterocycles. The standard InChI is InChI=1S/C16H30N4O2/c1-12(2)18-16(17-9-15(21)19(3)4)20-7-5-13(10-20)14-6-8-22-11-14/h12-14H,5-11H2,1-4H3,(H,17,18). The number of nitrogens with zero attached hydrogens (tertiary/aromatic N) is 3. The normalized spacial score (nSPS) is 25.9. The van der Waals surface area contributed by atoms with Crippen molar-refractivity contribution >= 4 is 11.9 Å². The Bertz CT molecular complexity index is 403. The predicted octanol–water partition coefficient (Wildman–Crippen LogP) is 0.787. The van der Waals surface area contributed by atoms with E-state index in [0.717, 1.165) is 32.3 Å². The predicted molar refractivity (Wildman–Crippen MR) is 87.9 cm³/mol. The van der Waals surface area contributed by atoms with E-state index < -0.39 is 0 Å². The van der Waals surface area contributed by atoms with Crippen LogP contribution in [0.3, 0.4) is 0 Å². The average Bonchev–Trinajstić information content (AvgIpc) is 3.12. The van der Waals surface area contributed by atoms with Gasteiger partial charge in [-0.15, -0.1) is 0 Å². The van der Waals surface area contributed by atoms with E-state index in [9.17, 15) is 4.79 Å². The molecule has 2 aliphatic heterocycles. The molecule has 6 heteroatoms. The lowest BCUT2D eigenvalue weighted by Gasteiger charge is -2.25. The van der Waals surface area contributed by atoms with E-state index in [1.165, 1.54) is 12.8 Å². The molecule has 0 aromatic heterocycles. The Balaban J connectivity index is 1.96. The molecule has 0 bridgehead atoms. The molecule has 0 aromatic carbocycles. The molecular weight excluding hydrogens is 280 g/mol. The SMILES string of the molecule is CC(C)NC(=NCC(=O)N(C)C)N1CCC(C2CCOC2)C1. The highest BCUT2D eigenvalue weighted by Gasteiger charge is 2.33. The van der Waals surface area contributed by atoms with Crippen molar-refractivity contribution in [3.05, 3.63) is 0 Å². The van der Waals surface area contributed by atoms with Crippen LogP contribution in [0.2, 0.25) is 0 Å². The molecule has 2 aliphatic rings. The van der Waals surface area contributed by atoms with Crippen LogP contribution < -0.4 is 5.32 Å².